The van der Waals surface area contributed by atoms with Crippen LogP contribution < -0.4 is 15.8 Å². The molecule has 146 valence electrons. The van der Waals surface area contributed by atoms with Gasteiger partial charge in [-0.3, -0.25) is 4.79 Å². The van der Waals surface area contributed by atoms with Gasteiger partial charge in [0.15, 0.2) is 0 Å². The van der Waals surface area contributed by atoms with Gasteiger partial charge in [-0.25, -0.2) is 4.98 Å². The lowest BCUT2D eigenvalue weighted by atomic mass is 10.1. The fourth-order valence-electron chi connectivity index (χ4n) is 2.99. The summed E-state index contributed by atoms with van der Waals surface area (Å²) in [7, 11) is 0. The van der Waals surface area contributed by atoms with Crippen LogP contribution in [-0.2, 0) is 6.61 Å². The third-order valence-corrected chi connectivity index (χ3v) is 5.89. The lowest BCUT2D eigenvalue weighted by molar-refractivity contribution is 0.102. The molecule has 0 fully saturated rings. The number of nitrogen functional groups attached to an aromatic ring is 1. The molecular formula is C22H18ClN3O2S. The fourth-order valence-corrected chi connectivity index (χ4v) is 4.15. The highest BCUT2D eigenvalue weighted by atomic mass is 35.5. The van der Waals surface area contributed by atoms with Gasteiger partial charge in [-0.1, -0.05) is 17.7 Å². The number of rotatable bonds is 5. The molecule has 1 amide bonds. The van der Waals surface area contributed by atoms with Gasteiger partial charge in [0.25, 0.3) is 5.91 Å². The van der Waals surface area contributed by atoms with Gasteiger partial charge in [0.1, 0.15) is 18.2 Å². The minimum Gasteiger partial charge on any atom is -0.489 e. The zero-order valence-corrected chi connectivity index (χ0v) is 17.2. The van der Waals surface area contributed by atoms with Crippen molar-refractivity contribution in [3.63, 3.8) is 0 Å². The Morgan fingerprint density at radius 1 is 1.24 bits per heavy atom. The number of thiophene rings is 1. The van der Waals surface area contributed by atoms with Gasteiger partial charge in [0.2, 0.25) is 0 Å². The van der Waals surface area contributed by atoms with Crippen LogP contribution in [0.15, 0.2) is 60.1 Å². The molecule has 2 aromatic heterocycles. The molecule has 5 nitrogen and oxygen atoms in total. The number of carbonyl (C=O) groups is 1. The summed E-state index contributed by atoms with van der Waals surface area (Å²) < 4.78 is 7.08. The van der Waals surface area contributed by atoms with E-state index in [1.54, 1.807) is 47.9 Å². The summed E-state index contributed by atoms with van der Waals surface area (Å²) >= 11 is 7.50. The maximum atomic E-state index is 12.4. The minimum atomic E-state index is -0.211. The molecule has 3 N–H and O–H groups in total. The van der Waals surface area contributed by atoms with E-state index < -0.39 is 0 Å². The Morgan fingerprint density at radius 3 is 2.83 bits per heavy atom. The number of hydrogen-bond donors (Lipinski definition) is 2. The highest BCUT2D eigenvalue weighted by Crippen LogP contribution is 2.32. The number of carbonyl (C=O) groups excluding carboxylic acids is 1. The number of halogens is 1. The fraction of sp³-hybridized carbons (Fsp3) is 0.0909. The summed E-state index contributed by atoms with van der Waals surface area (Å²) in [4.78, 5) is 16.6. The number of fused-ring (bicyclic) bond motifs is 1. The van der Waals surface area contributed by atoms with E-state index in [0.29, 0.717) is 34.4 Å². The molecule has 0 atom stereocenters. The maximum absolute atomic E-state index is 12.4. The van der Waals surface area contributed by atoms with Gasteiger partial charge >= 0.3 is 0 Å². The molecule has 0 aliphatic rings. The van der Waals surface area contributed by atoms with E-state index in [1.165, 1.54) is 0 Å². The number of ether oxygens (including phenoxy) is 1. The van der Waals surface area contributed by atoms with Gasteiger partial charge in [0, 0.05) is 44.2 Å². The van der Waals surface area contributed by atoms with Crippen LogP contribution in [0.25, 0.3) is 10.1 Å². The van der Waals surface area contributed by atoms with E-state index in [4.69, 9.17) is 22.1 Å². The number of aromatic nitrogens is 1. The molecule has 2 aromatic carbocycles. The van der Waals surface area contributed by atoms with E-state index in [1.807, 2.05) is 30.5 Å². The van der Waals surface area contributed by atoms with Crippen LogP contribution in [0.5, 0.6) is 5.75 Å². The van der Waals surface area contributed by atoms with E-state index in [9.17, 15) is 4.79 Å². The second-order valence-electron chi connectivity index (χ2n) is 6.57. The molecule has 0 aliphatic carbocycles. The molecule has 4 rings (SSSR count). The zero-order chi connectivity index (χ0) is 20.4. The number of aryl methyl sites for hydroxylation is 1. The zero-order valence-electron chi connectivity index (χ0n) is 15.6. The van der Waals surface area contributed by atoms with Crippen LogP contribution >= 0.6 is 22.9 Å². The molecule has 0 aliphatic heterocycles. The van der Waals surface area contributed by atoms with Crippen molar-refractivity contribution in [3.05, 3.63) is 81.8 Å². The smallest absolute Gasteiger partial charge is 0.255 e. The molecule has 0 spiro atoms. The average Bonchev–Trinajstić information content (AvgIpc) is 3.15. The van der Waals surface area contributed by atoms with Gasteiger partial charge in [0.05, 0.1) is 0 Å². The molecular weight excluding hydrogens is 406 g/mol. The lowest BCUT2D eigenvalue weighted by Crippen LogP contribution is -2.11. The van der Waals surface area contributed by atoms with E-state index in [-0.39, 0.29) is 5.91 Å². The Labute approximate surface area is 177 Å². The Balaban J connectivity index is 1.48. The number of hydrogen-bond acceptors (Lipinski definition) is 5. The highest BCUT2D eigenvalue weighted by Gasteiger charge is 2.12. The van der Waals surface area contributed by atoms with Crippen molar-refractivity contribution in [2.75, 3.05) is 11.1 Å². The van der Waals surface area contributed by atoms with Crippen LogP contribution in [0.4, 0.5) is 11.5 Å². The van der Waals surface area contributed by atoms with E-state index >= 15 is 0 Å². The molecule has 29 heavy (non-hydrogen) atoms. The second kappa shape index (κ2) is 8.11. The average molecular weight is 424 g/mol. The van der Waals surface area contributed by atoms with Crippen molar-refractivity contribution >= 4 is 50.4 Å². The van der Waals surface area contributed by atoms with E-state index in [2.05, 4.69) is 10.3 Å². The standard InChI is InChI=1S/C22H18ClN3O2S/c1-13-10-25-21(24)19-15(12-29-20(13)19)11-28-18-4-2-3-17(9-18)26-22(27)14-5-7-16(23)8-6-14/h2-10,12H,11H2,1H3,(H2,24,25)(H,26,27). The summed E-state index contributed by atoms with van der Waals surface area (Å²) in [6.45, 7) is 2.38. The Morgan fingerprint density at radius 2 is 2.03 bits per heavy atom. The van der Waals surface area contributed by atoms with Gasteiger partial charge < -0.3 is 15.8 Å². The minimum absolute atomic E-state index is 0.211. The Kier molecular flexibility index (Phi) is 5.38. The van der Waals surface area contributed by atoms with Crippen LogP contribution in [0.2, 0.25) is 5.02 Å². The molecule has 4 aromatic rings. The summed E-state index contributed by atoms with van der Waals surface area (Å²) in [5.41, 5.74) is 9.34. The third kappa shape index (κ3) is 4.18. The summed E-state index contributed by atoms with van der Waals surface area (Å²) in [5, 5.41) is 6.44. The van der Waals surface area contributed by atoms with Gasteiger partial charge in [-0.2, -0.15) is 0 Å². The molecule has 0 unspecified atom stereocenters. The molecule has 0 saturated carbocycles. The molecule has 2 heterocycles. The first-order valence-corrected chi connectivity index (χ1v) is 10.2. The number of nitrogens with zero attached hydrogens (tertiary/aromatic N) is 1. The third-order valence-electron chi connectivity index (χ3n) is 4.47. The van der Waals surface area contributed by atoms with Crippen molar-refractivity contribution in [3.8, 4) is 5.75 Å². The number of benzene rings is 2. The number of amides is 1. The van der Waals surface area contributed by atoms with Crippen LogP contribution in [0.1, 0.15) is 21.5 Å². The molecule has 7 heteroatoms. The van der Waals surface area contributed by atoms with Crippen molar-refractivity contribution in [1.82, 2.24) is 4.98 Å². The van der Waals surface area contributed by atoms with Crippen LogP contribution in [0.3, 0.4) is 0 Å². The number of nitrogens with one attached hydrogen (secondary N) is 1. The van der Waals surface area contributed by atoms with Gasteiger partial charge in [-0.15, -0.1) is 11.3 Å². The topological polar surface area (TPSA) is 77.2 Å². The molecule has 0 radical (unpaired) electrons. The lowest BCUT2D eigenvalue weighted by Gasteiger charge is -2.10. The molecule has 0 saturated heterocycles. The first-order valence-electron chi connectivity index (χ1n) is 8.92. The first kappa shape index (κ1) is 19.2. The van der Waals surface area contributed by atoms with Crippen molar-refractivity contribution in [2.45, 2.75) is 13.5 Å². The van der Waals surface area contributed by atoms with Crippen LogP contribution in [0, 0.1) is 6.92 Å². The summed E-state index contributed by atoms with van der Waals surface area (Å²) in [6.07, 6.45) is 1.78. The molecule has 0 bridgehead atoms. The summed E-state index contributed by atoms with van der Waals surface area (Å²) in [6, 6.07) is 14.0. The SMILES string of the molecule is Cc1cnc(N)c2c(COc3cccc(NC(=O)c4ccc(Cl)cc4)c3)csc12. The van der Waals surface area contributed by atoms with Crippen molar-refractivity contribution < 1.29 is 9.53 Å². The highest BCUT2D eigenvalue weighted by molar-refractivity contribution is 7.17. The quantitative estimate of drug-likeness (QED) is 0.433. The van der Waals surface area contributed by atoms with Gasteiger partial charge in [-0.05, 0) is 54.3 Å². The van der Waals surface area contributed by atoms with Crippen molar-refractivity contribution in [1.29, 1.82) is 0 Å². The number of pyridine rings is 1. The number of anilines is 2. The Bertz CT molecular complexity index is 1190. The Hall–Kier alpha value is -3.09. The largest absolute Gasteiger partial charge is 0.489 e. The second-order valence-corrected chi connectivity index (χ2v) is 7.89. The summed E-state index contributed by atoms with van der Waals surface area (Å²) in [5.74, 6) is 0.948. The first-order chi connectivity index (χ1) is 14.0. The predicted octanol–water partition coefficient (Wildman–Crippen LogP) is 5.67. The monoisotopic (exact) mass is 423 g/mol. The maximum Gasteiger partial charge on any atom is 0.255 e. The normalized spacial score (nSPS) is 10.8. The predicted molar refractivity (Wildman–Crippen MR) is 119 cm³/mol. The van der Waals surface area contributed by atoms with E-state index in [0.717, 1.165) is 21.2 Å². The van der Waals surface area contributed by atoms with Crippen molar-refractivity contribution in [2.24, 2.45) is 0 Å². The van der Waals surface area contributed by atoms with Crippen LogP contribution in [-0.4, -0.2) is 10.9 Å². The number of nitrogens with two attached hydrogens (primary N) is 1.